The van der Waals surface area contributed by atoms with Crippen LogP contribution in [0, 0.1) is 11.8 Å². The molecule has 0 unspecified atom stereocenters. The molecule has 0 saturated heterocycles. The number of nitrogens with zero attached hydrogens (tertiary/aromatic N) is 1. The minimum atomic E-state index is 0.244. The van der Waals surface area contributed by atoms with Crippen molar-refractivity contribution < 1.29 is 5.11 Å². The molecule has 0 rings (SSSR count). The summed E-state index contributed by atoms with van der Waals surface area (Å²) in [6, 6.07) is 0. The number of unbranched alkanes of at least 4 members (excludes halogenated alkanes) is 2. The molecule has 0 aromatic heterocycles. The zero-order valence-corrected chi connectivity index (χ0v) is 8.66. The Bertz CT molecular complexity index is 266. The minimum Gasteiger partial charge on any atom is -0.396 e. The first-order valence-corrected chi connectivity index (χ1v) is 4.69. The lowest BCUT2D eigenvalue weighted by atomic mass is 10.2. The van der Waals surface area contributed by atoms with E-state index in [4.69, 9.17) is 5.11 Å². The van der Waals surface area contributed by atoms with Crippen molar-refractivity contribution >= 4 is 6.21 Å². The number of allylic oxidation sites excluding steroid dienone is 3. The fourth-order valence-electron chi connectivity index (χ4n) is 0.805. The van der Waals surface area contributed by atoms with Gasteiger partial charge >= 0.3 is 0 Å². The van der Waals surface area contributed by atoms with E-state index in [-0.39, 0.29) is 6.61 Å². The van der Waals surface area contributed by atoms with Gasteiger partial charge in [0.1, 0.15) is 0 Å². The van der Waals surface area contributed by atoms with Gasteiger partial charge in [0.15, 0.2) is 0 Å². The van der Waals surface area contributed by atoms with Crippen LogP contribution in [0.15, 0.2) is 29.3 Å². The van der Waals surface area contributed by atoms with Gasteiger partial charge in [-0.1, -0.05) is 24.5 Å². The maximum absolute atomic E-state index is 8.54. The smallest absolute Gasteiger partial charge is 0.0431 e. The Balaban J connectivity index is 3.97. The molecule has 0 aliphatic carbocycles. The predicted octanol–water partition coefficient (Wildman–Crippen LogP) is 1.97. The van der Waals surface area contributed by atoms with E-state index in [0.717, 1.165) is 24.8 Å². The standard InChI is InChI=1S/C12H17NO/c1-3-12(9-10-13-2)8-6-4-5-7-11-14/h3,9-10,14H,1,4-5,7,11H2,2H3/b12-9+,13-10?. The van der Waals surface area contributed by atoms with Gasteiger partial charge < -0.3 is 5.11 Å². The number of aliphatic hydroxyl groups is 1. The van der Waals surface area contributed by atoms with Crippen molar-refractivity contribution in [2.24, 2.45) is 4.99 Å². The SMILES string of the molecule is C=C/C(C#CCCCCO)=C\C=NC. The molecule has 0 amide bonds. The van der Waals surface area contributed by atoms with E-state index < -0.39 is 0 Å². The zero-order chi connectivity index (χ0) is 10.6. The second-order valence-corrected chi connectivity index (χ2v) is 2.72. The second-order valence-electron chi connectivity index (χ2n) is 2.72. The fourth-order valence-corrected chi connectivity index (χ4v) is 0.805. The molecule has 0 spiro atoms. The van der Waals surface area contributed by atoms with E-state index in [0.29, 0.717) is 0 Å². The minimum absolute atomic E-state index is 0.244. The molecule has 0 saturated carbocycles. The van der Waals surface area contributed by atoms with Crippen LogP contribution in [-0.4, -0.2) is 25.0 Å². The van der Waals surface area contributed by atoms with E-state index in [1.807, 2.05) is 6.08 Å². The number of rotatable bonds is 5. The van der Waals surface area contributed by atoms with E-state index in [2.05, 4.69) is 23.4 Å². The lowest BCUT2D eigenvalue weighted by molar-refractivity contribution is 0.285. The largest absolute Gasteiger partial charge is 0.396 e. The molecule has 2 heteroatoms. The molecule has 0 aliphatic heterocycles. The number of hydrogen-bond acceptors (Lipinski definition) is 2. The molecule has 0 fully saturated rings. The molecule has 0 heterocycles. The van der Waals surface area contributed by atoms with Gasteiger partial charge in [0.2, 0.25) is 0 Å². The van der Waals surface area contributed by atoms with Gasteiger partial charge in [0.05, 0.1) is 0 Å². The lowest BCUT2D eigenvalue weighted by Gasteiger charge is -1.89. The first-order valence-electron chi connectivity index (χ1n) is 4.69. The molecule has 0 atom stereocenters. The van der Waals surface area contributed by atoms with Crippen LogP contribution in [0.2, 0.25) is 0 Å². The molecule has 0 aromatic carbocycles. The van der Waals surface area contributed by atoms with Crippen molar-refractivity contribution in [2.45, 2.75) is 19.3 Å². The molecule has 0 bridgehead atoms. The van der Waals surface area contributed by atoms with Gasteiger partial charge in [0, 0.05) is 31.9 Å². The van der Waals surface area contributed by atoms with Crippen LogP contribution in [-0.2, 0) is 0 Å². The summed E-state index contributed by atoms with van der Waals surface area (Å²) in [6.07, 6.45) is 7.80. The van der Waals surface area contributed by atoms with Crippen LogP contribution >= 0.6 is 0 Å². The maximum Gasteiger partial charge on any atom is 0.0431 e. The quantitative estimate of drug-likeness (QED) is 0.306. The summed E-state index contributed by atoms with van der Waals surface area (Å²) in [4.78, 5) is 3.83. The molecule has 14 heavy (non-hydrogen) atoms. The Labute approximate surface area is 86.1 Å². The Morgan fingerprint density at radius 1 is 1.50 bits per heavy atom. The highest BCUT2D eigenvalue weighted by Gasteiger charge is 1.83. The third-order valence-corrected chi connectivity index (χ3v) is 1.57. The number of aliphatic imine (C=N–C) groups is 1. The summed E-state index contributed by atoms with van der Waals surface area (Å²) in [6.45, 7) is 3.90. The molecule has 0 radical (unpaired) electrons. The maximum atomic E-state index is 8.54. The first kappa shape index (κ1) is 12.7. The van der Waals surface area contributed by atoms with Crippen LogP contribution in [0.4, 0.5) is 0 Å². The van der Waals surface area contributed by atoms with Crippen LogP contribution in [0.1, 0.15) is 19.3 Å². The van der Waals surface area contributed by atoms with Crippen molar-refractivity contribution in [1.82, 2.24) is 0 Å². The van der Waals surface area contributed by atoms with E-state index in [9.17, 15) is 0 Å². The van der Waals surface area contributed by atoms with E-state index in [1.54, 1.807) is 19.3 Å². The lowest BCUT2D eigenvalue weighted by Crippen LogP contribution is -1.81. The number of hydrogen-bond donors (Lipinski definition) is 1. The Morgan fingerprint density at radius 2 is 2.29 bits per heavy atom. The molecule has 2 nitrogen and oxygen atoms in total. The van der Waals surface area contributed by atoms with Crippen molar-refractivity contribution in [3.8, 4) is 11.8 Å². The fraction of sp³-hybridized carbons (Fsp3) is 0.417. The Hall–Kier alpha value is -1.33. The highest BCUT2D eigenvalue weighted by molar-refractivity contribution is 5.74. The van der Waals surface area contributed by atoms with Crippen molar-refractivity contribution in [2.75, 3.05) is 13.7 Å². The summed E-state index contributed by atoms with van der Waals surface area (Å²) in [5.74, 6) is 6.00. The highest BCUT2D eigenvalue weighted by Crippen LogP contribution is 1.95. The zero-order valence-electron chi connectivity index (χ0n) is 8.66. The van der Waals surface area contributed by atoms with Crippen molar-refractivity contribution in [3.05, 3.63) is 24.3 Å². The molecule has 0 aromatic rings. The van der Waals surface area contributed by atoms with Gasteiger partial charge in [-0.15, -0.1) is 0 Å². The summed E-state index contributed by atoms with van der Waals surface area (Å²) in [5.41, 5.74) is 0.875. The van der Waals surface area contributed by atoms with Crippen LogP contribution in [0.3, 0.4) is 0 Å². The second kappa shape index (κ2) is 9.76. The summed E-state index contributed by atoms with van der Waals surface area (Å²) >= 11 is 0. The van der Waals surface area contributed by atoms with E-state index in [1.165, 1.54) is 0 Å². The van der Waals surface area contributed by atoms with Crippen LogP contribution < -0.4 is 0 Å². The summed E-state index contributed by atoms with van der Waals surface area (Å²) in [5, 5.41) is 8.54. The van der Waals surface area contributed by atoms with Crippen molar-refractivity contribution in [1.29, 1.82) is 0 Å². The molecular formula is C12H17NO. The van der Waals surface area contributed by atoms with Crippen LogP contribution in [0.25, 0.3) is 0 Å². The van der Waals surface area contributed by atoms with Crippen molar-refractivity contribution in [3.63, 3.8) is 0 Å². The van der Waals surface area contributed by atoms with E-state index >= 15 is 0 Å². The van der Waals surface area contributed by atoms with Gasteiger partial charge in [-0.3, -0.25) is 4.99 Å². The van der Waals surface area contributed by atoms with Gasteiger partial charge in [-0.05, 0) is 18.9 Å². The monoisotopic (exact) mass is 191 g/mol. The predicted molar refractivity (Wildman–Crippen MR) is 61.4 cm³/mol. The van der Waals surface area contributed by atoms with Gasteiger partial charge in [-0.25, -0.2) is 0 Å². The van der Waals surface area contributed by atoms with Crippen LogP contribution in [0.5, 0.6) is 0 Å². The Morgan fingerprint density at radius 3 is 2.86 bits per heavy atom. The first-order chi connectivity index (χ1) is 6.85. The topological polar surface area (TPSA) is 32.6 Å². The summed E-state index contributed by atoms with van der Waals surface area (Å²) < 4.78 is 0. The molecular weight excluding hydrogens is 174 g/mol. The van der Waals surface area contributed by atoms with Gasteiger partial charge in [-0.2, -0.15) is 0 Å². The Kier molecular flexibility index (Phi) is 8.83. The highest BCUT2D eigenvalue weighted by atomic mass is 16.2. The number of aliphatic hydroxyl groups excluding tert-OH is 1. The normalized spacial score (nSPS) is 11.1. The van der Waals surface area contributed by atoms with Gasteiger partial charge in [0.25, 0.3) is 0 Å². The molecule has 0 aliphatic rings. The third kappa shape index (κ3) is 7.33. The average Bonchev–Trinajstić information content (AvgIpc) is 2.22. The summed E-state index contributed by atoms with van der Waals surface area (Å²) in [7, 11) is 1.71. The average molecular weight is 191 g/mol. The molecule has 76 valence electrons. The third-order valence-electron chi connectivity index (χ3n) is 1.57. The molecule has 1 N–H and O–H groups in total.